The van der Waals surface area contributed by atoms with Gasteiger partial charge in [0.25, 0.3) is 5.91 Å². The number of likely N-dealkylation sites (tertiary alicyclic amines) is 1. The van der Waals surface area contributed by atoms with Gasteiger partial charge < -0.3 is 14.7 Å². The molecule has 1 saturated heterocycles. The number of piperidine rings is 1. The number of carbonyl (C=O) groups excluding carboxylic acids is 1. The molecule has 0 aliphatic carbocycles. The van der Waals surface area contributed by atoms with E-state index in [1.165, 1.54) is 6.42 Å². The van der Waals surface area contributed by atoms with Crippen LogP contribution in [0.15, 0.2) is 24.3 Å². The average molecular weight is 263 g/mol. The fraction of sp³-hybridized carbons (Fsp3) is 0.533. The van der Waals surface area contributed by atoms with Crippen LogP contribution in [0.25, 0.3) is 0 Å². The number of amides is 1. The molecule has 0 bridgehead atoms. The maximum Gasteiger partial charge on any atom is 0.263 e. The second-order valence-electron chi connectivity index (χ2n) is 4.91. The summed E-state index contributed by atoms with van der Waals surface area (Å²) in [6, 6.07) is 7.26. The monoisotopic (exact) mass is 263 g/mol. The number of aliphatic hydroxyl groups is 1. The summed E-state index contributed by atoms with van der Waals surface area (Å²) in [5.41, 5.74) is 0.709. The van der Waals surface area contributed by atoms with E-state index in [4.69, 9.17) is 4.74 Å². The number of ether oxygens (including phenoxy) is 1. The van der Waals surface area contributed by atoms with Crippen molar-refractivity contribution in [1.29, 1.82) is 0 Å². The molecule has 2 rings (SSSR count). The van der Waals surface area contributed by atoms with Crippen molar-refractivity contribution in [3.63, 3.8) is 0 Å². The Kier molecular flexibility index (Phi) is 4.80. The number of benzene rings is 1. The minimum atomic E-state index is -0.509. The molecular formula is C15H21NO3. The lowest BCUT2D eigenvalue weighted by Gasteiger charge is -2.29. The molecule has 1 aromatic rings. The maximum absolute atomic E-state index is 12.2. The van der Waals surface area contributed by atoms with Crippen LogP contribution in [0.1, 0.15) is 31.7 Å². The molecule has 1 N–H and O–H groups in total. The van der Waals surface area contributed by atoms with Crippen molar-refractivity contribution >= 4 is 5.91 Å². The largest absolute Gasteiger partial charge is 0.481 e. The van der Waals surface area contributed by atoms with Crippen LogP contribution >= 0.6 is 0 Å². The third-order valence-electron chi connectivity index (χ3n) is 3.46. The summed E-state index contributed by atoms with van der Waals surface area (Å²) < 4.78 is 5.70. The van der Waals surface area contributed by atoms with E-state index < -0.39 is 6.10 Å². The zero-order valence-corrected chi connectivity index (χ0v) is 11.3. The molecule has 1 aliphatic heterocycles. The SMILES string of the molecule is CC(Oc1ccccc1CO)C(=O)N1CCCCC1. The van der Waals surface area contributed by atoms with Crippen molar-refractivity contribution in [3.8, 4) is 5.75 Å². The molecule has 1 atom stereocenters. The number of hydrogen-bond acceptors (Lipinski definition) is 3. The van der Waals surface area contributed by atoms with Crippen LogP contribution in [0.2, 0.25) is 0 Å². The van der Waals surface area contributed by atoms with Crippen LogP contribution < -0.4 is 4.74 Å². The van der Waals surface area contributed by atoms with Crippen LogP contribution in [-0.4, -0.2) is 35.1 Å². The summed E-state index contributed by atoms with van der Waals surface area (Å²) in [5.74, 6) is 0.621. The second-order valence-corrected chi connectivity index (χ2v) is 4.91. The minimum absolute atomic E-state index is 0.0347. The molecule has 19 heavy (non-hydrogen) atoms. The molecule has 0 spiro atoms. The van der Waals surface area contributed by atoms with E-state index in [2.05, 4.69) is 0 Å². The van der Waals surface area contributed by atoms with Gasteiger partial charge in [0.1, 0.15) is 5.75 Å². The highest BCUT2D eigenvalue weighted by atomic mass is 16.5. The Morgan fingerprint density at radius 1 is 1.32 bits per heavy atom. The molecule has 1 aromatic carbocycles. The predicted octanol–water partition coefficient (Wildman–Crippen LogP) is 1.96. The highest BCUT2D eigenvalue weighted by Crippen LogP contribution is 2.20. The molecule has 1 aliphatic rings. The molecule has 1 heterocycles. The lowest BCUT2D eigenvalue weighted by Crippen LogP contribution is -2.43. The van der Waals surface area contributed by atoms with Crippen molar-refractivity contribution in [2.24, 2.45) is 0 Å². The number of nitrogens with zero attached hydrogens (tertiary/aromatic N) is 1. The average Bonchev–Trinajstić information content (AvgIpc) is 2.48. The number of rotatable bonds is 4. The zero-order valence-electron chi connectivity index (χ0n) is 11.3. The lowest BCUT2D eigenvalue weighted by atomic mass is 10.1. The van der Waals surface area contributed by atoms with Gasteiger partial charge in [0.15, 0.2) is 6.10 Å². The van der Waals surface area contributed by atoms with Crippen LogP contribution in [-0.2, 0) is 11.4 Å². The first-order valence-corrected chi connectivity index (χ1v) is 6.86. The van der Waals surface area contributed by atoms with Gasteiger partial charge in [-0.15, -0.1) is 0 Å². The van der Waals surface area contributed by atoms with Crippen LogP contribution in [0, 0.1) is 0 Å². The van der Waals surface area contributed by atoms with Crippen molar-refractivity contribution in [2.75, 3.05) is 13.1 Å². The zero-order chi connectivity index (χ0) is 13.7. The second kappa shape index (κ2) is 6.57. The van der Waals surface area contributed by atoms with Gasteiger partial charge >= 0.3 is 0 Å². The Morgan fingerprint density at radius 2 is 2.00 bits per heavy atom. The van der Waals surface area contributed by atoms with Gasteiger partial charge in [0, 0.05) is 18.7 Å². The lowest BCUT2D eigenvalue weighted by molar-refractivity contribution is -0.138. The summed E-state index contributed by atoms with van der Waals surface area (Å²) >= 11 is 0. The molecule has 1 unspecified atom stereocenters. The first-order chi connectivity index (χ1) is 9.22. The van der Waals surface area contributed by atoms with E-state index in [1.54, 1.807) is 19.1 Å². The maximum atomic E-state index is 12.2. The highest BCUT2D eigenvalue weighted by molar-refractivity contribution is 5.81. The summed E-state index contributed by atoms with van der Waals surface area (Å²) in [5, 5.41) is 9.24. The third kappa shape index (κ3) is 3.47. The van der Waals surface area contributed by atoms with Gasteiger partial charge in [-0.05, 0) is 32.3 Å². The molecule has 0 saturated carbocycles. The van der Waals surface area contributed by atoms with E-state index in [-0.39, 0.29) is 12.5 Å². The topological polar surface area (TPSA) is 49.8 Å². The molecule has 4 nitrogen and oxygen atoms in total. The smallest absolute Gasteiger partial charge is 0.263 e. The Morgan fingerprint density at radius 3 is 2.68 bits per heavy atom. The molecule has 4 heteroatoms. The number of carbonyl (C=O) groups is 1. The van der Waals surface area contributed by atoms with E-state index in [0.717, 1.165) is 25.9 Å². The molecule has 104 valence electrons. The van der Waals surface area contributed by atoms with Crippen molar-refractivity contribution < 1.29 is 14.6 Å². The van der Waals surface area contributed by atoms with Gasteiger partial charge in [0.05, 0.1) is 6.61 Å². The summed E-state index contributed by atoms with van der Waals surface area (Å²) in [7, 11) is 0. The number of hydrogen-bond donors (Lipinski definition) is 1. The fourth-order valence-electron chi connectivity index (χ4n) is 2.36. The third-order valence-corrected chi connectivity index (χ3v) is 3.46. The molecule has 0 radical (unpaired) electrons. The Hall–Kier alpha value is -1.55. The van der Waals surface area contributed by atoms with Gasteiger partial charge in [-0.3, -0.25) is 4.79 Å². The molecule has 1 fully saturated rings. The summed E-state index contributed by atoms with van der Waals surface area (Å²) in [6.07, 6.45) is 2.84. The van der Waals surface area contributed by atoms with Crippen LogP contribution in [0.3, 0.4) is 0 Å². The normalized spacial score (nSPS) is 17.1. The van der Waals surface area contributed by atoms with E-state index >= 15 is 0 Å². The van der Waals surface area contributed by atoms with Crippen molar-refractivity contribution in [1.82, 2.24) is 4.90 Å². The quantitative estimate of drug-likeness (QED) is 0.903. The van der Waals surface area contributed by atoms with Gasteiger partial charge in [-0.2, -0.15) is 0 Å². The van der Waals surface area contributed by atoms with E-state index in [9.17, 15) is 9.90 Å². The highest BCUT2D eigenvalue weighted by Gasteiger charge is 2.23. The minimum Gasteiger partial charge on any atom is -0.481 e. The summed E-state index contributed by atoms with van der Waals surface area (Å²) in [4.78, 5) is 14.1. The predicted molar refractivity (Wildman–Crippen MR) is 72.9 cm³/mol. The van der Waals surface area contributed by atoms with E-state index in [0.29, 0.717) is 11.3 Å². The number of aliphatic hydroxyl groups excluding tert-OH is 1. The van der Waals surface area contributed by atoms with Crippen molar-refractivity contribution in [3.05, 3.63) is 29.8 Å². The van der Waals surface area contributed by atoms with Crippen molar-refractivity contribution in [2.45, 2.75) is 38.9 Å². The Balaban J connectivity index is 1.99. The van der Waals surface area contributed by atoms with E-state index in [1.807, 2.05) is 17.0 Å². The van der Waals surface area contributed by atoms with Gasteiger partial charge in [-0.25, -0.2) is 0 Å². The fourth-order valence-corrected chi connectivity index (χ4v) is 2.36. The number of para-hydroxylation sites is 1. The first-order valence-electron chi connectivity index (χ1n) is 6.86. The standard InChI is InChI=1S/C15H21NO3/c1-12(15(18)16-9-5-2-6-10-16)19-14-8-4-3-7-13(14)11-17/h3-4,7-8,12,17H,2,5-6,9-11H2,1H3. The molecule has 0 aromatic heterocycles. The Bertz CT molecular complexity index is 427. The summed E-state index contributed by atoms with van der Waals surface area (Å²) in [6.45, 7) is 3.34. The van der Waals surface area contributed by atoms with Gasteiger partial charge in [0.2, 0.25) is 0 Å². The first kappa shape index (κ1) is 13.9. The van der Waals surface area contributed by atoms with Crippen LogP contribution in [0.4, 0.5) is 0 Å². The van der Waals surface area contributed by atoms with Crippen LogP contribution in [0.5, 0.6) is 5.75 Å². The van der Waals surface area contributed by atoms with Gasteiger partial charge in [-0.1, -0.05) is 18.2 Å². The Labute approximate surface area is 114 Å². The molecule has 1 amide bonds. The molecular weight excluding hydrogens is 242 g/mol.